The van der Waals surface area contributed by atoms with Gasteiger partial charge in [-0.1, -0.05) is 15.9 Å². The molecule has 1 N–H and O–H groups in total. The minimum absolute atomic E-state index is 0.0138. The Morgan fingerprint density at radius 1 is 1.38 bits per heavy atom. The van der Waals surface area contributed by atoms with Gasteiger partial charge in [0.05, 0.1) is 6.61 Å². The van der Waals surface area contributed by atoms with E-state index < -0.39 is 5.82 Å². The fraction of sp³-hybridized carbons (Fsp3) is 0.429. The van der Waals surface area contributed by atoms with Crippen molar-refractivity contribution in [3.63, 3.8) is 0 Å². The van der Waals surface area contributed by atoms with E-state index in [1.165, 1.54) is 12.1 Å². The minimum atomic E-state index is -0.542. The molecule has 0 aromatic heterocycles. The molecule has 1 amide bonds. The van der Waals surface area contributed by atoms with Gasteiger partial charge in [-0.25, -0.2) is 4.39 Å². The van der Waals surface area contributed by atoms with Crippen molar-refractivity contribution in [3.05, 3.63) is 28.5 Å². The number of esters is 1. The van der Waals surface area contributed by atoms with Crippen LogP contribution in [0.15, 0.2) is 22.7 Å². The maximum absolute atomic E-state index is 13.4. The van der Waals surface area contributed by atoms with Crippen LogP contribution in [0, 0.1) is 5.82 Å². The zero-order valence-corrected chi connectivity index (χ0v) is 13.2. The Hall–Kier alpha value is -1.63. The summed E-state index contributed by atoms with van der Waals surface area (Å²) in [6, 6.07) is 4.32. The van der Waals surface area contributed by atoms with E-state index in [2.05, 4.69) is 21.2 Å². The van der Waals surface area contributed by atoms with Crippen LogP contribution in [0.1, 0.15) is 19.8 Å². The van der Waals surface area contributed by atoms with Crippen molar-refractivity contribution in [2.45, 2.75) is 19.8 Å². The van der Waals surface area contributed by atoms with Crippen LogP contribution in [0.2, 0.25) is 0 Å². The first-order chi connectivity index (χ1) is 10.0. The third-order valence-corrected chi connectivity index (χ3v) is 2.93. The molecular formula is C14H17BrFNO4. The van der Waals surface area contributed by atoms with Gasteiger partial charge >= 0.3 is 5.97 Å². The van der Waals surface area contributed by atoms with Crippen LogP contribution in [0.4, 0.5) is 4.39 Å². The zero-order valence-electron chi connectivity index (χ0n) is 11.7. The van der Waals surface area contributed by atoms with Gasteiger partial charge in [0.1, 0.15) is 0 Å². The molecule has 0 saturated carbocycles. The van der Waals surface area contributed by atoms with Crippen LogP contribution in [0.25, 0.3) is 0 Å². The van der Waals surface area contributed by atoms with Crippen LogP contribution < -0.4 is 10.1 Å². The number of ether oxygens (including phenoxy) is 2. The molecule has 0 radical (unpaired) electrons. The molecule has 0 aliphatic rings. The Bertz CT molecular complexity index is 496. The maximum Gasteiger partial charge on any atom is 0.305 e. The van der Waals surface area contributed by atoms with E-state index in [1.54, 1.807) is 13.0 Å². The van der Waals surface area contributed by atoms with Gasteiger partial charge < -0.3 is 14.8 Å². The number of amides is 1. The molecule has 1 rings (SSSR count). The highest BCUT2D eigenvalue weighted by molar-refractivity contribution is 9.10. The minimum Gasteiger partial charge on any atom is -0.481 e. The number of hydrogen-bond acceptors (Lipinski definition) is 4. The van der Waals surface area contributed by atoms with Crippen LogP contribution >= 0.6 is 15.9 Å². The number of carbonyl (C=O) groups is 2. The second-order valence-corrected chi connectivity index (χ2v) is 5.04. The molecule has 0 unspecified atom stereocenters. The first-order valence-electron chi connectivity index (χ1n) is 6.53. The molecule has 7 heteroatoms. The molecule has 5 nitrogen and oxygen atoms in total. The molecule has 0 spiro atoms. The average Bonchev–Trinajstić information content (AvgIpc) is 2.43. The SMILES string of the molecule is CCOC(=O)CCCNC(=O)COc1ccc(Br)cc1F. The van der Waals surface area contributed by atoms with E-state index in [9.17, 15) is 14.0 Å². The molecule has 0 aliphatic heterocycles. The predicted molar refractivity (Wildman–Crippen MR) is 78.5 cm³/mol. The number of halogens is 2. The Morgan fingerprint density at radius 3 is 2.81 bits per heavy atom. The summed E-state index contributed by atoms with van der Waals surface area (Å²) in [5.41, 5.74) is 0. The summed E-state index contributed by atoms with van der Waals surface area (Å²) in [4.78, 5) is 22.5. The van der Waals surface area contributed by atoms with Gasteiger partial charge in [0, 0.05) is 17.4 Å². The van der Waals surface area contributed by atoms with Crippen LogP contribution in [0.5, 0.6) is 5.75 Å². The van der Waals surface area contributed by atoms with Crippen LogP contribution in [0.3, 0.4) is 0 Å². The summed E-state index contributed by atoms with van der Waals surface area (Å²) < 4.78 is 23.9. The van der Waals surface area contributed by atoms with Gasteiger partial charge in [-0.05, 0) is 31.5 Å². The number of carbonyl (C=O) groups excluding carboxylic acids is 2. The summed E-state index contributed by atoms with van der Waals surface area (Å²) in [7, 11) is 0. The largest absolute Gasteiger partial charge is 0.481 e. The third kappa shape index (κ3) is 7.08. The van der Waals surface area contributed by atoms with E-state index in [0.717, 1.165) is 0 Å². The van der Waals surface area contributed by atoms with Gasteiger partial charge in [-0.15, -0.1) is 0 Å². The topological polar surface area (TPSA) is 64.6 Å². The first-order valence-corrected chi connectivity index (χ1v) is 7.32. The number of benzene rings is 1. The fourth-order valence-corrected chi connectivity index (χ4v) is 1.81. The van der Waals surface area contributed by atoms with Gasteiger partial charge in [0.15, 0.2) is 18.2 Å². The summed E-state index contributed by atoms with van der Waals surface area (Å²) >= 11 is 3.13. The highest BCUT2D eigenvalue weighted by atomic mass is 79.9. The second-order valence-electron chi connectivity index (χ2n) is 4.12. The third-order valence-electron chi connectivity index (χ3n) is 2.44. The molecular weight excluding hydrogens is 345 g/mol. The number of nitrogens with one attached hydrogen (secondary N) is 1. The lowest BCUT2D eigenvalue weighted by Gasteiger charge is -2.08. The van der Waals surface area contributed by atoms with Crippen molar-refractivity contribution in [3.8, 4) is 5.75 Å². The Balaban J connectivity index is 2.21. The van der Waals surface area contributed by atoms with Crippen molar-refractivity contribution in [1.82, 2.24) is 5.32 Å². The van der Waals surface area contributed by atoms with E-state index in [-0.39, 0.29) is 30.7 Å². The van der Waals surface area contributed by atoms with E-state index in [1.807, 2.05) is 0 Å². The highest BCUT2D eigenvalue weighted by Crippen LogP contribution is 2.21. The quantitative estimate of drug-likeness (QED) is 0.570. The lowest BCUT2D eigenvalue weighted by molar-refractivity contribution is -0.143. The maximum atomic E-state index is 13.4. The lowest BCUT2D eigenvalue weighted by atomic mass is 10.3. The number of rotatable bonds is 8. The van der Waals surface area contributed by atoms with E-state index in [0.29, 0.717) is 24.0 Å². The zero-order chi connectivity index (χ0) is 15.7. The molecule has 1 aromatic carbocycles. The summed E-state index contributed by atoms with van der Waals surface area (Å²) in [5, 5.41) is 2.58. The normalized spacial score (nSPS) is 10.0. The van der Waals surface area contributed by atoms with Crippen molar-refractivity contribution in [1.29, 1.82) is 0 Å². The van der Waals surface area contributed by atoms with Gasteiger partial charge in [-0.2, -0.15) is 0 Å². The van der Waals surface area contributed by atoms with Crippen LogP contribution in [-0.4, -0.2) is 31.6 Å². The molecule has 0 aliphatic carbocycles. The summed E-state index contributed by atoms with van der Waals surface area (Å²) in [5.74, 6) is -1.19. The molecule has 0 fully saturated rings. The van der Waals surface area contributed by atoms with Gasteiger partial charge in [-0.3, -0.25) is 9.59 Å². The van der Waals surface area contributed by atoms with Gasteiger partial charge in [0.25, 0.3) is 5.91 Å². The monoisotopic (exact) mass is 361 g/mol. The fourth-order valence-electron chi connectivity index (χ4n) is 1.48. The molecule has 21 heavy (non-hydrogen) atoms. The van der Waals surface area contributed by atoms with Crippen molar-refractivity contribution in [2.24, 2.45) is 0 Å². The molecule has 0 atom stereocenters. The predicted octanol–water partition coefficient (Wildman–Crippen LogP) is 2.43. The smallest absolute Gasteiger partial charge is 0.305 e. The second kappa shape index (κ2) is 9.33. The Morgan fingerprint density at radius 2 is 2.14 bits per heavy atom. The van der Waals surface area contributed by atoms with Gasteiger partial charge in [0.2, 0.25) is 0 Å². The Labute approximate surface area is 130 Å². The summed E-state index contributed by atoms with van der Waals surface area (Å²) in [6.07, 6.45) is 0.730. The lowest BCUT2D eigenvalue weighted by Crippen LogP contribution is -2.30. The van der Waals surface area contributed by atoms with Crippen molar-refractivity contribution >= 4 is 27.8 Å². The van der Waals surface area contributed by atoms with E-state index >= 15 is 0 Å². The number of hydrogen-bond donors (Lipinski definition) is 1. The molecule has 0 heterocycles. The highest BCUT2D eigenvalue weighted by Gasteiger charge is 2.07. The van der Waals surface area contributed by atoms with E-state index in [4.69, 9.17) is 9.47 Å². The standard InChI is InChI=1S/C14H17BrFNO4/c1-2-20-14(19)4-3-7-17-13(18)9-21-12-6-5-10(15)8-11(12)16/h5-6,8H,2-4,7,9H2,1H3,(H,17,18). The molecule has 0 saturated heterocycles. The average molecular weight is 362 g/mol. The summed E-state index contributed by atoms with van der Waals surface area (Å²) in [6.45, 7) is 2.14. The Kier molecular flexibility index (Phi) is 7.74. The van der Waals surface area contributed by atoms with Crippen molar-refractivity contribution in [2.75, 3.05) is 19.8 Å². The molecule has 116 valence electrons. The first kappa shape index (κ1) is 17.4. The van der Waals surface area contributed by atoms with Crippen LogP contribution in [-0.2, 0) is 14.3 Å². The molecule has 0 bridgehead atoms. The molecule has 1 aromatic rings. The van der Waals surface area contributed by atoms with Crippen molar-refractivity contribution < 1.29 is 23.5 Å².